The molecule has 3 rings (SSSR count). The lowest BCUT2D eigenvalue weighted by Gasteiger charge is -2.20. The molecule has 2 aromatic carbocycles. The standard InChI is InChI=1S/C22H27NO2/c1-15-11-12-19(13-16(15)2)17(3)23-22(24)14-25-21-10-6-8-18-7-4-5-9-20(18)21/h6,8,10-13,17H,4-5,7,9,14H2,1-3H3,(H,23,24). The number of hydrogen-bond donors (Lipinski definition) is 1. The van der Waals surface area contributed by atoms with Crippen LogP contribution < -0.4 is 10.1 Å². The highest BCUT2D eigenvalue weighted by Crippen LogP contribution is 2.29. The van der Waals surface area contributed by atoms with E-state index in [0.717, 1.165) is 24.2 Å². The number of benzene rings is 2. The van der Waals surface area contributed by atoms with Crippen LogP contribution in [-0.2, 0) is 17.6 Å². The highest BCUT2D eigenvalue weighted by atomic mass is 16.5. The molecule has 2 aromatic rings. The molecule has 3 heteroatoms. The molecule has 132 valence electrons. The molecule has 1 aliphatic rings. The van der Waals surface area contributed by atoms with E-state index < -0.39 is 0 Å². The van der Waals surface area contributed by atoms with Crippen LogP contribution in [0.3, 0.4) is 0 Å². The van der Waals surface area contributed by atoms with Crippen molar-refractivity contribution in [2.24, 2.45) is 0 Å². The van der Waals surface area contributed by atoms with E-state index in [-0.39, 0.29) is 18.6 Å². The molecule has 25 heavy (non-hydrogen) atoms. The highest BCUT2D eigenvalue weighted by molar-refractivity contribution is 5.78. The van der Waals surface area contributed by atoms with Gasteiger partial charge in [0.2, 0.25) is 0 Å². The van der Waals surface area contributed by atoms with Crippen LogP contribution in [0.25, 0.3) is 0 Å². The summed E-state index contributed by atoms with van der Waals surface area (Å²) in [7, 11) is 0. The zero-order chi connectivity index (χ0) is 17.8. The summed E-state index contributed by atoms with van der Waals surface area (Å²) in [6.07, 6.45) is 4.60. The Bertz CT molecular complexity index is 767. The number of carbonyl (C=O) groups is 1. The first-order valence-corrected chi connectivity index (χ1v) is 9.14. The lowest BCUT2D eigenvalue weighted by Crippen LogP contribution is -2.31. The molecule has 0 saturated heterocycles. The van der Waals surface area contributed by atoms with Crippen molar-refractivity contribution < 1.29 is 9.53 Å². The number of ether oxygens (including phenoxy) is 1. The third kappa shape index (κ3) is 4.22. The number of aryl methyl sites for hydroxylation is 3. The van der Waals surface area contributed by atoms with Crippen molar-refractivity contribution in [1.82, 2.24) is 5.32 Å². The molecule has 0 aromatic heterocycles. The van der Waals surface area contributed by atoms with Gasteiger partial charge in [0, 0.05) is 0 Å². The smallest absolute Gasteiger partial charge is 0.258 e. The van der Waals surface area contributed by atoms with Gasteiger partial charge >= 0.3 is 0 Å². The van der Waals surface area contributed by atoms with Crippen molar-refractivity contribution in [1.29, 1.82) is 0 Å². The summed E-state index contributed by atoms with van der Waals surface area (Å²) in [4.78, 5) is 12.3. The molecule has 1 N–H and O–H groups in total. The molecule has 0 aliphatic heterocycles. The first-order chi connectivity index (χ1) is 12.0. The van der Waals surface area contributed by atoms with Crippen molar-refractivity contribution in [2.75, 3.05) is 6.61 Å². The van der Waals surface area contributed by atoms with Crippen LogP contribution >= 0.6 is 0 Å². The number of nitrogens with one attached hydrogen (secondary N) is 1. The molecule has 0 saturated carbocycles. The molecule has 1 aliphatic carbocycles. The quantitative estimate of drug-likeness (QED) is 0.876. The fraction of sp³-hybridized carbons (Fsp3) is 0.409. The minimum atomic E-state index is -0.0841. The topological polar surface area (TPSA) is 38.3 Å². The zero-order valence-electron chi connectivity index (χ0n) is 15.4. The Balaban J connectivity index is 1.59. The summed E-state index contributed by atoms with van der Waals surface area (Å²) < 4.78 is 5.83. The second-order valence-electron chi connectivity index (χ2n) is 7.02. The van der Waals surface area contributed by atoms with E-state index in [0.29, 0.717) is 0 Å². The molecule has 3 nitrogen and oxygen atoms in total. The van der Waals surface area contributed by atoms with Crippen molar-refractivity contribution in [3.05, 3.63) is 64.2 Å². The molecule has 1 amide bonds. The zero-order valence-corrected chi connectivity index (χ0v) is 15.4. The third-order valence-corrected chi connectivity index (χ3v) is 5.12. The number of amides is 1. The maximum absolute atomic E-state index is 12.3. The maximum atomic E-state index is 12.3. The normalized spacial score (nSPS) is 14.5. The van der Waals surface area contributed by atoms with Gasteiger partial charge in [-0.05, 0) is 80.3 Å². The molecule has 1 unspecified atom stereocenters. The average molecular weight is 337 g/mol. The van der Waals surface area contributed by atoms with E-state index in [4.69, 9.17) is 4.74 Å². The first-order valence-electron chi connectivity index (χ1n) is 9.14. The van der Waals surface area contributed by atoms with Gasteiger partial charge in [-0.1, -0.05) is 30.3 Å². The van der Waals surface area contributed by atoms with Gasteiger partial charge in [-0.15, -0.1) is 0 Å². The highest BCUT2D eigenvalue weighted by Gasteiger charge is 2.15. The predicted molar refractivity (Wildman–Crippen MR) is 101 cm³/mol. The first kappa shape index (κ1) is 17.5. The lowest BCUT2D eigenvalue weighted by atomic mass is 9.91. The van der Waals surface area contributed by atoms with Gasteiger partial charge in [-0.3, -0.25) is 4.79 Å². The van der Waals surface area contributed by atoms with E-state index in [2.05, 4.69) is 43.4 Å². The van der Waals surface area contributed by atoms with Gasteiger partial charge in [-0.2, -0.15) is 0 Å². The van der Waals surface area contributed by atoms with Crippen molar-refractivity contribution >= 4 is 5.91 Å². The molecule has 1 atom stereocenters. The van der Waals surface area contributed by atoms with E-state index in [1.54, 1.807) is 0 Å². The predicted octanol–water partition coefficient (Wildman–Crippen LogP) is 4.44. The van der Waals surface area contributed by atoms with Gasteiger partial charge in [0.25, 0.3) is 5.91 Å². The van der Waals surface area contributed by atoms with Crippen LogP contribution in [0.5, 0.6) is 5.75 Å². The largest absolute Gasteiger partial charge is 0.483 e. The lowest BCUT2D eigenvalue weighted by molar-refractivity contribution is -0.123. The third-order valence-electron chi connectivity index (χ3n) is 5.12. The molecule has 0 radical (unpaired) electrons. The molecular weight excluding hydrogens is 310 g/mol. The van der Waals surface area contributed by atoms with Crippen molar-refractivity contribution in [2.45, 2.75) is 52.5 Å². The van der Waals surface area contributed by atoms with Crippen LogP contribution in [0.1, 0.15) is 53.6 Å². The van der Waals surface area contributed by atoms with E-state index in [9.17, 15) is 4.79 Å². The minimum Gasteiger partial charge on any atom is -0.483 e. The van der Waals surface area contributed by atoms with Gasteiger partial charge < -0.3 is 10.1 Å². The van der Waals surface area contributed by atoms with E-state index >= 15 is 0 Å². The van der Waals surface area contributed by atoms with Crippen LogP contribution in [0.2, 0.25) is 0 Å². The van der Waals surface area contributed by atoms with Gasteiger partial charge in [0.05, 0.1) is 6.04 Å². The molecular formula is C22H27NO2. The number of rotatable bonds is 5. The number of carbonyl (C=O) groups excluding carboxylic acids is 1. The maximum Gasteiger partial charge on any atom is 0.258 e. The molecule has 0 fully saturated rings. The van der Waals surface area contributed by atoms with E-state index in [1.807, 2.05) is 19.1 Å². The Labute approximate surface area is 150 Å². The summed E-state index contributed by atoms with van der Waals surface area (Å²) in [6, 6.07) is 12.4. The number of fused-ring (bicyclic) bond motifs is 1. The second kappa shape index (κ2) is 7.73. The van der Waals surface area contributed by atoms with Crippen molar-refractivity contribution in [3.8, 4) is 5.75 Å². The second-order valence-corrected chi connectivity index (χ2v) is 7.02. The Morgan fingerprint density at radius 2 is 1.92 bits per heavy atom. The summed E-state index contributed by atoms with van der Waals surface area (Å²) in [5.74, 6) is 0.783. The van der Waals surface area contributed by atoms with Crippen LogP contribution in [-0.4, -0.2) is 12.5 Å². The Kier molecular flexibility index (Phi) is 5.42. The van der Waals surface area contributed by atoms with E-state index in [1.165, 1.54) is 35.1 Å². The summed E-state index contributed by atoms with van der Waals surface area (Å²) in [5.41, 5.74) is 6.27. The van der Waals surface area contributed by atoms with Crippen LogP contribution in [0, 0.1) is 13.8 Å². The monoisotopic (exact) mass is 337 g/mol. The fourth-order valence-electron chi connectivity index (χ4n) is 3.43. The molecule has 0 spiro atoms. The molecule has 0 bridgehead atoms. The number of hydrogen-bond acceptors (Lipinski definition) is 2. The SMILES string of the molecule is Cc1ccc(C(C)NC(=O)COc2cccc3c2CCCC3)cc1C. The summed E-state index contributed by atoms with van der Waals surface area (Å²) in [5, 5.41) is 3.03. The Morgan fingerprint density at radius 3 is 2.72 bits per heavy atom. The van der Waals surface area contributed by atoms with Crippen molar-refractivity contribution in [3.63, 3.8) is 0 Å². The van der Waals surface area contributed by atoms with Crippen LogP contribution in [0.4, 0.5) is 0 Å². The summed E-state index contributed by atoms with van der Waals surface area (Å²) >= 11 is 0. The van der Waals surface area contributed by atoms with Gasteiger partial charge in [0.15, 0.2) is 6.61 Å². The minimum absolute atomic E-state index is 0.0277. The fourth-order valence-corrected chi connectivity index (χ4v) is 3.43. The Hall–Kier alpha value is -2.29. The summed E-state index contributed by atoms with van der Waals surface area (Å²) in [6.45, 7) is 6.25. The average Bonchev–Trinajstić information content (AvgIpc) is 2.62. The van der Waals surface area contributed by atoms with Crippen LogP contribution in [0.15, 0.2) is 36.4 Å². The van der Waals surface area contributed by atoms with Gasteiger partial charge in [0.1, 0.15) is 5.75 Å². The molecule has 0 heterocycles. The van der Waals surface area contributed by atoms with Gasteiger partial charge in [-0.25, -0.2) is 0 Å². The Morgan fingerprint density at radius 1 is 1.12 bits per heavy atom.